The average molecular weight is 1570 g/mol. The molecule has 10 fully saturated rings. The summed E-state index contributed by atoms with van der Waals surface area (Å²) in [5.74, 6) is -0.207. The van der Waals surface area contributed by atoms with Gasteiger partial charge in [0, 0.05) is 64.7 Å². The largest absolute Gasteiger partial charge is 1.00 e. The Hall–Kier alpha value is -7.80. The number of aliphatic hydroxyl groups excluding tert-OH is 1. The molecule has 5 heterocycles. The van der Waals surface area contributed by atoms with Crippen molar-refractivity contribution in [3.8, 4) is 0 Å². The third kappa shape index (κ3) is 21.7. The van der Waals surface area contributed by atoms with Crippen LogP contribution in [0.5, 0.6) is 0 Å². The Morgan fingerprint density at radius 3 is 1.32 bits per heavy atom. The predicted octanol–water partition coefficient (Wildman–Crippen LogP) is 6.85. The second-order valence-corrected chi connectivity index (χ2v) is 30.2. The molecule has 4 amide bonds. The number of amides is 4. The molecular formula is C80H102BN5NaO21S2. The van der Waals surface area contributed by atoms with E-state index in [-0.39, 0.29) is 150 Å². The molecule has 2 N–H and O–H groups in total. The molecule has 5 aliphatic carbocycles. The van der Waals surface area contributed by atoms with E-state index in [0.717, 1.165) is 66.8 Å². The molecule has 26 nitrogen and oxygen atoms in total. The van der Waals surface area contributed by atoms with Crippen molar-refractivity contribution in [2.45, 2.75) is 153 Å². The van der Waals surface area contributed by atoms with E-state index in [1.54, 1.807) is 11.8 Å². The standard InChI is InChI=1S/C19H23NO5S2.C18H21NO5.C17H21NO5.C17H21NO4.C9H15NO2.B.Na.H/c1-23-17(21)16-13-8-9-15(25-19(26)27-2)14(13)10-20(16)18(22)24-11-12-6-4-3-5-7-12;1-2-23-17(21)16-13-8-9-15(20)14(13)10-19(16)18(22)24-11-12-6-4-3-5-7-12;1-22-16(20)15-12-7-8-14(19)13(12)9-18(15)17(21)23-10-11-5-3-2-4-6-11;1-21-16(19)15-14-9-5-8-13(14)10-18(15)17(20)22-11-12-6-3-2-4-7-12;1-12-9(11)8-7-4-2-3-6(7)5-10-8;;;/h3-7,13-16H,8-11H2,1-2H3;3-7,13-14,16H,2,8-11H2,1H3;2-6,12-15,19H,7-10H2,1H3;2-4,6-7,13-15H,5,8-11H2,1H3;6-8,10H,2-5H2,1H3;;;/q;;;;;;+1;-1/t13-,14-,15?,16-;13-,14-,16-;12-,13-,14?,15-;13-,14-,15-;6-,7-,8-;;;/m00000.../s1. The van der Waals surface area contributed by atoms with Gasteiger partial charge in [-0.25, -0.2) is 38.4 Å². The molecule has 17 atom stereocenters. The van der Waals surface area contributed by atoms with Gasteiger partial charge in [0.05, 0.1) is 41.2 Å². The fourth-order valence-corrected chi connectivity index (χ4v) is 18.0. The number of fused-ring (bicyclic) bond motifs is 5. The first-order valence-corrected chi connectivity index (χ1v) is 39.0. The van der Waals surface area contributed by atoms with E-state index in [1.165, 1.54) is 74.2 Å². The maximum Gasteiger partial charge on any atom is 1.00 e. The van der Waals surface area contributed by atoms with Gasteiger partial charge in [-0.15, -0.1) is 0 Å². The maximum atomic E-state index is 12.7. The van der Waals surface area contributed by atoms with Crippen LogP contribution in [0.1, 0.15) is 108 Å². The minimum atomic E-state index is -0.718. The summed E-state index contributed by atoms with van der Waals surface area (Å²) >= 11 is 6.56. The summed E-state index contributed by atoms with van der Waals surface area (Å²) in [6.07, 6.45) is 10.3. The Labute approximate surface area is 678 Å². The number of hydrogen-bond donors (Lipinski definition) is 2. The fourth-order valence-electron chi connectivity index (χ4n) is 17.6. The Morgan fingerprint density at radius 2 is 0.864 bits per heavy atom. The summed E-state index contributed by atoms with van der Waals surface area (Å²) in [6.45, 7) is 5.21. The first kappa shape index (κ1) is 87.8. The molecule has 589 valence electrons. The van der Waals surface area contributed by atoms with Crippen molar-refractivity contribution >= 4 is 96.8 Å². The predicted molar refractivity (Wildman–Crippen MR) is 404 cm³/mol. The van der Waals surface area contributed by atoms with Crippen LogP contribution < -0.4 is 34.9 Å². The van der Waals surface area contributed by atoms with Gasteiger partial charge in [-0.3, -0.25) is 29.2 Å². The summed E-state index contributed by atoms with van der Waals surface area (Å²) < 4.78 is 52.4. The van der Waals surface area contributed by atoms with E-state index in [1.807, 2.05) is 128 Å². The summed E-state index contributed by atoms with van der Waals surface area (Å²) in [5, 5.41) is 13.3. The van der Waals surface area contributed by atoms with E-state index >= 15 is 0 Å². The average Bonchev–Trinajstić information content (AvgIpc) is 1.61. The summed E-state index contributed by atoms with van der Waals surface area (Å²) in [6, 6.07) is 35.2. The van der Waals surface area contributed by atoms with Crippen LogP contribution in [0.4, 0.5) is 19.2 Å². The number of aliphatic hydroxyl groups is 1. The second kappa shape index (κ2) is 42.7. The molecule has 10 aliphatic rings. The number of ketones is 1. The molecule has 0 bridgehead atoms. The number of carbonyl (C=O) groups excluding carboxylic acids is 10. The van der Waals surface area contributed by atoms with E-state index in [4.69, 9.17) is 59.6 Å². The van der Waals surface area contributed by atoms with E-state index in [9.17, 15) is 53.1 Å². The van der Waals surface area contributed by atoms with Crippen molar-refractivity contribution in [2.75, 3.05) is 74.0 Å². The van der Waals surface area contributed by atoms with Crippen molar-refractivity contribution in [1.82, 2.24) is 24.9 Å². The van der Waals surface area contributed by atoms with Crippen molar-refractivity contribution in [2.24, 2.45) is 59.2 Å². The number of nitrogens with one attached hydrogen (secondary N) is 1. The quantitative estimate of drug-likeness (QED) is 0.0532. The summed E-state index contributed by atoms with van der Waals surface area (Å²) in [5.41, 5.74) is 3.58. The molecule has 3 radical (unpaired) electrons. The van der Waals surface area contributed by atoms with Gasteiger partial charge in [0.25, 0.3) is 0 Å². The monoisotopic (exact) mass is 1570 g/mol. The third-order valence-electron chi connectivity index (χ3n) is 22.9. The summed E-state index contributed by atoms with van der Waals surface area (Å²) in [7, 11) is 5.49. The Morgan fingerprint density at radius 1 is 0.464 bits per heavy atom. The zero-order valence-electron chi connectivity index (χ0n) is 64.7. The number of nitrogens with zero attached hydrogens (tertiary/aromatic N) is 4. The number of benzene rings is 4. The number of esters is 5. The molecule has 5 saturated heterocycles. The molecule has 5 saturated carbocycles. The van der Waals surface area contributed by atoms with Gasteiger partial charge in [-0.05, 0) is 147 Å². The van der Waals surface area contributed by atoms with Gasteiger partial charge >= 0.3 is 83.8 Å². The van der Waals surface area contributed by atoms with Crippen molar-refractivity contribution in [3.05, 3.63) is 144 Å². The van der Waals surface area contributed by atoms with Gasteiger partial charge in [-0.2, -0.15) is 0 Å². The molecule has 4 aromatic carbocycles. The Balaban J connectivity index is 0.000000194. The number of thioether (sulfide) groups is 1. The zero-order chi connectivity index (χ0) is 77.0. The molecule has 0 aromatic heterocycles. The molecular weight excluding hydrogens is 1460 g/mol. The van der Waals surface area contributed by atoms with Crippen LogP contribution >= 0.6 is 24.0 Å². The zero-order valence-corrected chi connectivity index (χ0v) is 67.3. The topological polar surface area (TPSA) is 308 Å². The molecule has 110 heavy (non-hydrogen) atoms. The Bertz CT molecular complexity index is 3740. The maximum absolute atomic E-state index is 12.7. The van der Waals surface area contributed by atoms with Crippen LogP contribution in [0.2, 0.25) is 0 Å². The molecule has 2 unspecified atom stereocenters. The van der Waals surface area contributed by atoms with Gasteiger partial charge in [-0.1, -0.05) is 146 Å². The van der Waals surface area contributed by atoms with Gasteiger partial charge in [0.2, 0.25) is 4.38 Å². The van der Waals surface area contributed by atoms with Crippen LogP contribution in [0.15, 0.2) is 121 Å². The normalized spacial score (nSPS) is 27.8. The van der Waals surface area contributed by atoms with Crippen LogP contribution in [0.25, 0.3) is 0 Å². The van der Waals surface area contributed by atoms with Crippen LogP contribution in [0.3, 0.4) is 0 Å². The third-order valence-corrected chi connectivity index (χ3v) is 23.9. The number of hydrogen-bond acceptors (Lipinski definition) is 24. The van der Waals surface area contributed by atoms with Crippen molar-refractivity contribution in [1.29, 1.82) is 0 Å². The van der Waals surface area contributed by atoms with E-state index in [2.05, 4.69) is 5.32 Å². The number of thiocarbonyl (C=S) groups is 1. The first-order chi connectivity index (χ1) is 52.3. The molecule has 14 rings (SSSR count). The number of likely N-dealkylation sites (tertiary alicyclic amines) is 4. The van der Waals surface area contributed by atoms with E-state index in [0.29, 0.717) is 61.5 Å². The SMILES string of the molecule is CCOC(=O)[C@@H]1[C@H]2CCC(=O)[C@H]2CN1C(=O)OCc1ccccc1.COC(=O)[C@@H]1[C@H]2CCC(O)[C@H]2CN1C(=O)OCc1ccccc1.COC(=O)[C@@H]1[C@H]2CCC(OC(=S)SC)[C@H]2CN1C(=O)OCc1ccccc1.COC(=O)[C@@H]1[C@H]2CCC[C@H]2CN1C(=O)OCc1ccccc1.COC(=O)[C@H]1NC[C@@H]2CCC[C@@H]21.[B].[H-].[Na+]. The smallest absolute Gasteiger partial charge is 1.00 e. The number of Topliss-reactive ketones (excluding diaryl/α,β-unsaturated/α-hetero) is 1. The number of carbonyl (C=O) groups is 10. The van der Waals surface area contributed by atoms with Crippen molar-refractivity contribution in [3.63, 3.8) is 0 Å². The summed E-state index contributed by atoms with van der Waals surface area (Å²) in [4.78, 5) is 128. The number of ether oxygens (including phenoxy) is 10. The van der Waals surface area contributed by atoms with E-state index < -0.39 is 72.6 Å². The van der Waals surface area contributed by atoms with Gasteiger partial charge < -0.3 is 59.2 Å². The van der Waals surface area contributed by atoms with Crippen LogP contribution in [-0.4, -0.2) is 214 Å². The first-order valence-electron chi connectivity index (χ1n) is 37.4. The molecule has 30 heteroatoms. The van der Waals surface area contributed by atoms with Gasteiger partial charge in [0.15, 0.2) is 0 Å². The second-order valence-electron chi connectivity index (χ2n) is 28.8. The van der Waals surface area contributed by atoms with Gasteiger partial charge in [0.1, 0.15) is 68.5 Å². The van der Waals surface area contributed by atoms with Crippen LogP contribution in [0, 0.1) is 59.2 Å². The molecule has 4 aromatic rings. The van der Waals surface area contributed by atoms with Crippen molar-refractivity contribution < 1.29 is 131 Å². The minimum Gasteiger partial charge on any atom is -1.00 e. The van der Waals surface area contributed by atoms with Crippen LogP contribution in [-0.2, 0) is 103 Å². The Kier molecular flexibility index (Phi) is 34.1. The minimum absolute atomic E-state index is 0. The molecule has 5 aliphatic heterocycles. The number of methoxy groups -OCH3 is 4. The molecule has 0 spiro atoms. The fraction of sp³-hybridized carbons (Fsp3) is 0.562. The number of rotatable bonds is 15.